The maximum atomic E-state index is 8.83. The van der Waals surface area contributed by atoms with Crippen LogP contribution in [0.25, 0.3) is 5.57 Å². The van der Waals surface area contributed by atoms with Gasteiger partial charge in [-0.05, 0) is 36.8 Å². The molecule has 0 bridgehead atoms. The van der Waals surface area contributed by atoms with Crippen LogP contribution in [0.4, 0.5) is 0 Å². The zero-order valence-corrected chi connectivity index (χ0v) is 10.9. The van der Waals surface area contributed by atoms with E-state index in [1.165, 1.54) is 30.4 Å². The van der Waals surface area contributed by atoms with E-state index in [-0.39, 0.29) is 6.61 Å². The zero-order chi connectivity index (χ0) is 12.3. The number of allylic oxidation sites excluding steroid dienone is 2. The first kappa shape index (κ1) is 14.0. The topological polar surface area (TPSA) is 20.2 Å². The van der Waals surface area contributed by atoms with Crippen molar-refractivity contribution < 1.29 is 5.11 Å². The molecular formula is C16H24O. The standard InChI is InChI=1S/C16H24O/c1-2-3-5-10-15(13-8-9-14-17)16-11-6-4-7-12-16/h4,6-7,11-13,17H,2-3,5,8-10,14H2,1H3/b15-13+. The number of rotatable bonds is 8. The van der Waals surface area contributed by atoms with Gasteiger partial charge in [0, 0.05) is 6.61 Å². The molecule has 0 aliphatic carbocycles. The quantitative estimate of drug-likeness (QED) is 0.658. The molecule has 1 nitrogen and oxygen atoms in total. The lowest BCUT2D eigenvalue weighted by Gasteiger charge is -2.08. The van der Waals surface area contributed by atoms with E-state index >= 15 is 0 Å². The average molecular weight is 232 g/mol. The van der Waals surface area contributed by atoms with Crippen molar-refractivity contribution >= 4 is 5.57 Å². The fraction of sp³-hybridized carbons (Fsp3) is 0.500. The van der Waals surface area contributed by atoms with Gasteiger partial charge in [-0.1, -0.05) is 56.2 Å². The summed E-state index contributed by atoms with van der Waals surface area (Å²) in [5.41, 5.74) is 2.77. The minimum Gasteiger partial charge on any atom is -0.396 e. The van der Waals surface area contributed by atoms with Crippen LogP contribution in [0.15, 0.2) is 36.4 Å². The summed E-state index contributed by atoms with van der Waals surface area (Å²) in [6, 6.07) is 10.6. The first-order valence-corrected chi connectivity index (χ1v) is 6.73. The van der Waals surface area contributed by atoms with E-state index in [4.69, 9.17) is 5.11 Å². The van der Waals surface area contributed by atoms with Gasteiger partial charge in [0.25, 0.3) is 0 Å². The van der Waals surface area contributed by atoms with E-state index in [2.05, 4.69) is 43.3 Å². The lowest BCUT2D eigenvalue weighted by molar-refractivity contribution is 0.289. The Labute approximate surface area is 105 Å². The second-order valence-corrected chi connectivity index (χ2v) is 4.42. The van der Waals surface area contributed by atoms with Gasteiger partial charge in [0.05, 0.1) is 0 Å². The van der Waals surface area contributed by atoms with E-state index in [1.54, 1.807) is 0 Å². The molecule has 1 rings (SSSR count). The van der Waals surface area contributed by atoms with Gasteiger partial charge in [-0.25, -0.2) is 0 Å². The Morgan fingerprint density at radius 2 is 1.88 bits per heavy atom. The summed E-state index contributed by atoms with van der Waals surface area (Å²) < 4.78 is 0. The smallest absolute Gasteiger partial charge is 0.0433 e. The molecule has 1 N–H and O–H groups in total. The van der Waals surface area contributed by atoms with Crippen LogP contribution in [0.2, 0.25) is 0 Å². The van der Waals surface area contributed by atoms with Crippen LogP contribution < -0.4 is 0 Å². The Kier molecular flexibility index (Phi) is 7.40. The van der Waals surface area contributed by atoms with E-state index in [0.717, 1.165) is 19.3 Å². The third-order valence-electron chi connectivity index (χ3n) is 2.95. The summed E-state index contributed by atoms with van der Waals surface area (Å²) in [7, 11) is 0. The lowest BCUT2D eigenvalue weighted by Crippen LogP contribution is -1.87. The van der Waals surface area contributed by atoms with Gasteiger partial charge in [0.1, 0.15) is 0 Å². The fourth-order valence-corrected chi connectivity index (χ4v) is 1.95. The molecule has 17 heavy (non-hydrogen) atoms. The van der Waals surface area contributed by atoms with Gasteiger partial charge >= 0.3 is 0 Å². The van der Waals surface area contributed by atoms with Crippen molar-refractivity contribution in [2.45, 2.75) is 45.4 Å². The Morgan fingerprint density at radius 3 is 2.53 bits per heavy atom. The van der Waals surface area contributed by atoms with Gasteiger partial charge in [-0.2, -0.15) is 0 Å². The van der Waals surface area contributed by atoms with Crippen molar-refractivity contribution in [1.82, 2.24) is 0 Å². The predicted molar refractivity (Wildman–Crippen MR) is 74.9 cm³/mol. The SMILES string of the molecule is CCCCC/C(=C\CCCO)c1ccccc1. The molecule has 1 aromatic carbocycles. The molecule has 0 aliphatic heterocycles. The average Bonchev–Trinajstić information content (AvgIpc) is 2.38. The van der Waals surface area contributed by atoms with Crippen molar-refractivity contribution in [3.8, 4) is 0 Å². The Bertz CT molecular complexity index is 314. The predicted octanol–water partition coefficient (Wildman–Crippen LogP) is 4.42. The summed E-state index contributed by atoms with van der Waals surface area (Å²) in [4.78, 5) is 0. The molecule has 0 spiro atoms. The van der Waals surface area contributed by atoms with E-state index in [1.807, 2.05) is 0 Å². The highest BCUT2D eigenvalue weighted by Gasteiger charge is 2.00. The molecule has 1 aromatic rings. The zero-order valence-electron chi connectivity index (χ0n) is 10.9. The normalized spacial score (nSPS) is 11.8. The number of hydrogen-bond acceptors (Lipinski definition) is 1. The molecule has 0 heterocycles. The Hall–Kier alpha value is -1.08. The molecule has 0 fully saturated rings. The van der Waals surface area contributed by atoms with Crippen LogP contribution in [0.5, 0.6) is 0 Å². The summed E-state index contributed by atoms with van der Waals surface area (Å²) >= 11 is 0. The third-order valence-corrected chi connectivity index (χ3v) is 2.95. The van der Waals surface area contributed by atoms with Crippen molar-refractivity contribution in [1.29, 1.82) is 0 Å². The number of aliphatic hydroxyl groups excluding tert-OH is 1. The maximum Gasteiger partial charge on any atom is 0.0433 e. The van der Waals surface area contributed by atoms with Gasteiger partial charge < -0.3 is 5.11 Å². The molecule has 0 saturated carbocycles. The third kappa shape index (κ3) is 5.69. The fourth-order valence-electron chi connectivity index (χ4n) is 1.95. The molecular weight excluding hydrogens is 208 g/mol. The van der Waals surface area contributed by atoms with Crippen molar-refractivity contribution in [2.24, 2.45) is 0 Å². The number of hydrogen-bond donors (Lipinski definition) is 1. The summed E-state index contributed by atoms with van der Waals surface area (Å²) in [6.07, 6.45) is 9.11. The molecule has 0 aliphatic rings. The Balaban J connectivity index is 2.61. The highest BCUT2D eigenvalue weighted by atomic mass is 16.2. The molecule has 0 radical (unpaired) electrons. The van der Waals surface area contributed by atoms with Crippen LogP contribution in [-0.4, -0.2) is 11.7 Å². The van der Waals surface area contributed by atoms with Crippen LogP contribution in [0.1, 0.15) is 51.0 Å². The molecule has 0 aromatic heterocycles. The van der Waals surface area contributed by atoms with E-state index in [9.17, 15) is 0 Å². The Morgan fingerprint density at radius 1 is 1.12 bits per heavy atom. The molecule has 0 atom stereocenters. The summed E-state index contributed by atoms with van der Waals surface area (Å²) in [5.74, 6) is 0. The number of aliphatic hydroxyl groups is 1. The first-order valence-electron chi connectivity index (χ1n) is 6.73. The minimum absolute atomic E-state index is 0.285. The minimum atomic E-state index is 0.285. The first-order chi connectivity index (χ1) is 8.38. The van der Waals surface area contributed by atoms with E-state index in [0.29, 0.717) is 0 Å². The van der Waals surface area contributed by atoms with Crippen molar-refractivity contribution in [3.05, 3.63) is 42.0 Å². The second kappa shape index (κ2) is 9.00. The van der Waals surface area contributed by atoms with Gasteiger partial charge in [0.15, 0.2) is 0 Å². The molecule has 0 unspecified atom stereocenters. The molecule has 0 amide bonds. The van der Waals surface area contributed by atoms with Crippen LogP contribution in [0, 0.1) is 0 Å². The highest BCUT2D eigenvalue weighted by Crippen LogP contribution is 2.22. The van der Waals surface area contributed by atoms with E-state index < -0.39 is 0 Å². The van der Waals surface area contributed by atoms with Crippen molar-refractivity contribution in [2.75, 3.05) is 6.61 Å². The van der Waals surface area contributed by atoms with Crippen LogP contribution in [-0.2, 0) is 0 Å². The van der Waals surface area contributed by atoms with Gasteiger partial charge in [0.2, 0.25) is 0 Å². The molecule has 0 saturated heterocycles. The largest absolute Gasteiger partial charge is 0.396 e. The van der Waals surface area contributed by atoms with Crippen molar-refractivity contribution in [3.63, 3.8) is 0 Å². The summed E-state index contributed by atoms with van der Waals surface area (Å²) in [6.45, 7) is 2.52. The van der Waals surface area contributed by atoms with Gasteiger partial charge in [-0.3, -0.25) is 0 Å². The maximum absolute atomic E-state index is 8.83. The molecule has 1 heteroatoms. The summed E-state index contributed by atoms with van der Waals surface area (Å²) in [5, 5.41) is 8.83. The lowest BCUT2D eigenvalue weighted by atomic mass is 9.98. The molecule has 94 valence electrons. The number of benzene rings is 1. The monoisotopic (exact) mass is 232 g/mol. The van der Waals surface area contributed by atoms with Crippen LogP contribution >= 0.6 is 0 Å². The van der Waals surface area contributed by atoms with Gasteiger partial charge in [-0.15, -0.1) is 0 Å². The van der Waals surface area contributed by atoms with Crippen LogP contribution in [0.3, 0.4) is 0 Å². The number of unbranched alkanes of at least 4 members (excludes halogenated alkanes) is 3. The highest BCUT2D eigenvalue weighted by molar-refractivity contribution is 5.65. The second-order valence-electron chi connectivity index (χ2n) is 4.42.